The van der Waals surface area contributed by atoms with Gasteiger partial charge in [-0.15, -0.1) is 0 Å². The van der Waals surface area contributed by atoms with Crippen LogP contribution in [0.25, 0.3) is 0 Å². The molecule has 0 saturated carbocycles. The van der Waals surface area contributed by atoms with Crippen LogP contribution in [0.15, 0.2) is 29.2 Å². The molecular formula is C17H20N4O3. The number of amides is 1. The Morgan fingerprint density at radius 2 is 2.17 bits per heavy atom. The Kier molecular flexibility index (Phi) is 4.59. The van der Waals surface area contributed by atoms with E-state index < -0.39 is 0 Å². The molecule has 0 radical (unpaired) electrons. The highest BCUT2D eigenvalue weighted by atomic mass is 16.5. The number of aromatic amines is 1. The largest absolute Gasteiger partial charge is 0.472 e. The maximum Gasteiger partial charge on any atom is 0.254 e. The number of nitrogens with one attached hydrogen (secondary N) is 1. The average Bonchev–Trinajstić information content (AvgIpc) is 2.53. The Labute approximate surface area is 139 Å². The van der Waals surface area contributed by atoms with Gasteiger partial charge in [0.05, 0.1) is 6.54 Å². The lowest BCUT2D eigenvalue weighted by Crippen LogP contribution is -2.44. The van der Waals surface area contributed by atoms with E-state index in [-0.39, 0.29) is 17.6 Å². The number of piperidine rings is 1. The molecule has 1 atom stereocenters. The monoisotopic (exact) mass is 328 g/mol. The van der Waals surface area contributed by atoms with Crippen LogP contribution in [0.2, 0.25) is 0 Å². The van der Waals surface area contributed by atoms with Crippen LogP contribution in [0.4, 0.5) is 0 Å². The maximum absolute atomic E-state index is 12.6. The fourth-order valence-corrected chi connectivity index (χ4v) is 2.89. The van der Waals surface area contributed by atoms with Crippen molar-refractivity contribution in [2.24, 2.45) is 0 Å². The highest BCUT2D eigenvalue weighted by Crippen LogP contribution is 2.19. The van der Waals surface area contributed by atoms with E-state index in [0.29, 0.717) is 30.4 Å². The van der Waals surface area contributed by atoms with Gasteiger partial charge in [0.1, 0.15) is 11.9 Å². The van der Waals surface area contributed by atoms with Gasteiger partial charge in [-0.3, -0.25) is 9.59 Å². The lowest BCUT2D eigenvalue weighted by molar-refractivity contribution is 0.0526. The second-order valence-electron chi connectivity index (χ2n) is 5.97. The predicted octanol–water partition coefficient (Wildman–Crippen LogP) is 1.47. The summed E-state index contributed by atoms with van der Waals surface area (Å²) in [5, 5.41) is 0. The van der Waals surface area contributed by atoms with E-state index in [0.717, 1.165) is 18.5 Å². The predicted molar refractivity (Wildman–Crippen MR) is 88.1 cm³/mol. The fourth-order valence-electron chi connectivity index (χ4n) is 2.89. The molecule has 0 bridgehead atoms. The standard InChI is InChI=1S/C17H20N4O3/c1-11-8-16(20-12(2)19-11)24-14-4-3-7-21(10-14)17(23)13-5-6-18-15(22)9-13/h5-6,8-9,14H,3-4,7,10H2,1-2H3,(H,18,22). The Bertz CT molecular complexity index is 782. The molecule has 1 saturated heterocycles. The van der Waals surface area contributed by atoms with Crippen molar-refractivity contribution < 1.29 is 9.53 Å². The number of hydrogen-bond acceptors (Lipinski definition) is 5. The second-order valence-corrected chi connectivity index (χ2v) is 5.97. The van der Waals surface area contributed by atoms with Crippen molar-refractivity contribution in [2.75, 3.05) is 13.1 Å². The van der Waals surface area contributed by atoms with Gasteiger partial charge in [0.2, 0.25) is 11.4 Å². The molecule has 2 aromatic heterocycles. The number of pyridine rings is 1. The van der Waals surface area contributed by atoms with Crippen molar-refractivity contribution >= 4 is 5.91 Å². The number of likely N-dealkylation sites (tertiary alicyclic amines) is 1. The molecule has 24 heavy (non-hydrogen) atoms. The lowest BCUT2D eigenvalue weighted by atomic mass is 10.1. The second kappa shape index (κ2) is 6.82. The summed E-state index contributed by atoms with van der Waals surface area (Å²) in [6.45, 7) is 4.86. The molecule has 1 amide bonds. The van der Waals surface area contributed by atoms with Gasteiger partial charge in [-0.25, -0.2) is 4.98 Å². The topological polar surface area (TPSA) is 88.2 Å². The molecule has 1 aliphatic rings. The van der Waals surface area contributed by atoms with Crippen molar-refractivity contribution in [1.82, 2.24) is 19.9 Å². The van der Waals surface area contributed by atoms with E-state index in [2.05, 4.69) is 15.0 Å². The zero-order chi connectivity index (χ0) is 17.1. The van der Waals surface area contributed by atoms with Gasteiger partial charge in [-0.1, -0.05) is 0 Å². The minimum absolute atomic E-state index is 0.113. The van der Waals surface area contributed by atoms with Crippen LogP contribution in [-0.4, -0.2) is 45.0 Å². The number of hydrogen-bond donors (Lipinski definition) is 1. The summed E-state index contributed by atoms with van der Waals surface area (Å²) in [4.78, 5) is 36.7. The van der Waals surface area contributed by atoms with Crippen molar-refractivity contribution in [1.29, 1.82) is 0 Å². The van der Waals surface area contributed by atoms with Crippen LogP contribution in [0, 0.1) is 13.8 Å². The van der Waals surface area contributed by atoms with E-state index in [1.165, 1.54) is 12.3 Å². The summed E-state index contributed by atoms with van der Waals surface area (Å²) in [7, 11) is 0. The molecule has 1 N–H and O–H groups in total. The number of ether oxygens (including phenoxy) is 1. The van der Waals surface area contributed by atoms with Crippen LogP contribution >= 0.6 is 0 Å². The quantitative estimate of drug-likeness (QED) is 0.921. The minimum Gasteiger partial charge on any atom is -0.472 e. The lowest BCUT2D eigenvalue weighted by Gasteiger charge is -2.32. The smallest absolute Gasteiger partial charge is 0.254 e. The summed E-state index contributed by atoms with van der Waals surface area (Å²) in [5.41, 5.74) is 0.968. The molecule has 126 valence electrons. The number of aromatic nitrogens is 3. The summed E-state index contributed by atoms with van der Waals surface area (Å²) in [5.74, 6) is 1.05. The number of nitrogens with zero attached hydrogens (tertiary/aromatic N) is 3. The van der Waals surface area contributed by atoms with Gasteiger partial charge >= 0.3 is 0 Å². The van der Waals surface area contributed by atoms with Gasteiger partial charge in [0.25, 0.3) is 5.91 Å². The number of carbonyl (C=O) groups excluding carboxylic acids is 1. The molecule has 0 aromatic carbocycles. The molecule has 1 unspecified atom stereocenters. The number of H-pyrrole nitrogens is 1. The van der Waals surface area contributed by atoms with E-state index in [1.54, 1.807) is 17.0 Å². The number of rotatable bonds is 3. The molecular weight excluding hydrogens is 308 g/mol. The Hall–Kier alpha value is -2.70. The minimum atomic E-state index is -0.280. The van der Waals surface area contributed by atoms with E-state index in [4.69, 9.17) is 4.74 Å². The SMILES string of the molecule is Cc1cc(OC2CCCN(C(=O)c3cc[nH]c(=O)c3)C2)nc(C)n1. The first kappa shape index (κ1) is 16.2. The van der Waals surface area contributed by atoms with Gasteiger partial charge < -0.3 is 14.6 Å². The molecule has 7 nitrogen and oxygen atoms in total. The van der Waals surface area contributed by atoms with Crippen LogP contribution < -0.4 is 10.3 Å². The number of aryl methyl sites for hydroxylation is 2. The molecule has 3 rings (SSSR count). The summed E-state index contributed by atoms with van der Waals surface area (Å²) < 4.78 is 5.94. The summed E-state index contributed by atoms with van der Waals surface area (Å²) in [6, 6.07) is 4.74. The third-order valence-corrected chi connectivity index (χ3v) is 3.92. The first-order valence-electron chi connectivity index (χ1n) is 7.98. The molecule has 0 aliphatic carbocycles. The third-order valence-electron chi connectivity index (χ3n) is 3.92. The van der Waals surface area contributed by atoms with E-state index in [1.807, 2.05) is 13.8 Å². The molecule has 2 aromatic rings. The van der Waals surface area contributed by atoms with Crippen LogP contribution in [0.3, 0.4) is 0 Å². The third kappa shape index (κ3) is 3.79. The average molecular weight is 328 g/mol. The van der Waals surface area contributed by atoms with Crippen LogP contribution in [0.5, 0.6) is 5.88 Å². The number of carbonyl (C=O) groups is 1. The van der Waals surface area contributed by atoms with Gasteiger partial charge in [-0.2, -0.15) is 4.98 Å². The van der Waals surface area contributed by atoms with Crippen molar-refractivity contribution in [3.8, 4) is 5.88 Å². The summed E-state index contributed by atoms with van der Waals surface area (Å²) in [6.07, 6.45) is 3.09. The molecule has 1 fully saturated rings. The first-order valence-corrected chi connectivity index (χ1v) is 7.98. The fraction of sp³-hybridized carbons (Fsp3) is 0.412. The maximum atomic E-state index is 12.6. The van der Waals surface area contributed by atoms with Gasteiger partial charge in [0.15, 0.2) is 0 Å². The van der Waals surface area contributed by atoms with E-state index in [9.17, 15) is 9.59 Å². The molecule has 0 spiro atoms. The zero-order valence-electron chi connectivity index (χ0n) is 13.8. The van der Waals surface area contributed by atoms with E-state index >= 15 is 0 Å². The van der Waals surface area contributed by atoms with Crippen LogP contribution in [0.1, 0.15) is 34.7 Å². The zero-order valence-corrected chi connectivity index (χ0v) is 13.8. The highest BCUT2D eigenvalue weighted by molar-refractivity contribution is 5.94. The Balaban J connectivity index is 1.70. The molecule has 7 heteroatoms. The Morgan fingerprint density at radius 3 is 2.92 bits per heavy atom. The molecule has 1 aliphatic heterocycles. The Morgan fingerprint density at radius 1 is 1.33 bits per heavy atom. The van der Waals surface area contributed by atoms with Crippen molar-refractivity contribution in [3.63, 3.8) is 0 Å². The first-order chi connectivity index (χ1) is 11.5. The van der Waals surface area contributed by atoms with Crippen molar-refractivity contribution in [2.45, 2.75) is 32.8 Å². The van der Waals surface area contributed by atoms with Crippen molar-refractivity contribution in [3.05, 3.63) is 51.8 Å². The highest BCUT2D eigenvalue weighted by Gasteiger charge is 2.26. The summed E-state index contributed by atoms with van der Waals surface area (Å²) >= 11 is 0. The van der Waals surface area contributed by atoms with Crippen LogP contribution in [-0.2, 0) is 0 Å². The normalized spacial score (nSPS) is 17.6. The van der Waals surface area contributed by atoms with Gasteiger partial charge in [-0.05, 0) is 32.8 Å². The van der Waals surface area contributed by atoms with Gasteiger partial charge in [0, 0.05) is 36.1 Å². The molecule has 3 heterocycles.